The van der Waals surface area contributed by atoms with Crippen molar-refractivity contribution in [2.75, 3.05) is 11.1 Å². The van der Waals surface area contributed by atoms with E-state index in [1.165, 1.54) is 23.1 Å². The smallest absolute Gasteiger partial charge is 0.236 e. The molecule has 11 heteroatoms. The van der Waals surface area contributed by atoms with Crippen LogP contribution in [0.4, 0.5) is 5.13 Å². The summed E-state index contributed by atoms with van der Waals surface area (Å²) >= 11 is 14.6. The standard InChI is InChI=1S/C22H19Cl2N5O2S2/c1-13-9-16(7-8-17(13)24)31-10-19-27-28-22(29(19)2)33-12-20(30)26-21-25-18(11-32-21)14-3-5-15(23)6-4-14/h3-9,11H,10,12H2,1-2H3,(H,25,26,30). The number of carbonyl (C=O) groups is 1. The highest BCUT2D eigenvalue weighted by Crippen LogP contribution is 2.26. The van der Waals surface area contributed by atoms with Crippen LogP contribution in [0.1, 0.15) is 11.4 Å². The minimum atomic E-state index is -0.172. The van der Waals surface area contributed by atoms with Gasteiger partial charge in [0.1, 0.15) is 12.4 Å². The number of aryl methyl sites for hydroxylation is 1. The number of carbonyl (C=O) groups excluding carboxylic acids is 1. The molecule has 0 spiro atoms. The lowest BCUT2D eigenvalue weighted by atomic mass is 10.2. The maximum absolute atomic E-state index is 12.4. The molecular weight excluding hydrogens is 501 g/mol. The van der Waals surface area contributed by atoms with Gasteiger partial charge in [-0.05, 0) is 42.8 Å². The van der Waals surface area contributed by atoms with Gasteiger partial charge in [-0.2, -0.15) is 0 Å². The largest absolute Gasteiger partial charge is 0.486 e. The number of benzene rings is 2. The number of thiazole rings is 1. The summed E-state index contributed by atoms with van der Waals surface area (Å²) in [6.07, 6.45) is 0. The molecule has 4 aromatic rings. The number of nitrogens with zero attached hydrogens (tertiary/aromatic N) is 4. The molecule has 2 aromatic carbocycles. The number of aromatic nitrogens is 4. The van der Waals surface area contributed by atoms with Gasteiger partial charge in [0.15, 0.2) is 16.1 Å². The van der Waals surface area contributed by atoms with Gasteiger partial charge in [0.2, 0.25) is 5.91 Å². The van der Waals surface area contributed by atoms with Gasteiger partial charge in [-0.25, -0.2) is 4.98 Å². The van der Waals surface area contributed by atoms with Crippen LogP contribution in [-0.4, -0.2) is 31.4 Å². The van der Waals surface area contributed by atoms with Crippen LogP contribution in [0.2, 0.25) is 10.0 Å². The fraction of sp³-hybridized carbons (Fsp3) is 0.182. The zero-order valence-electron chi connectivity index (χ0n) is 17.7. The summed E-state index contributed by atoms with van der Waals surface area (Å²) in [7, 11) is 1.84. The highest BCUT2D eigenvalue weighted by atomic mass is 35.5. The lowest BCUT2D eigenvalue weighted by Crippen LogP contribution is -2.14. The zero-order valence-corrected chi connectivity index (χ0v) is 20.9. The molecule has 0 saturated heterocycles. The molecule has 33 heavy (non-hydrogen) atoms. The molecule has 2 heterocycles. The van der Waals surface area contributed by atoms with E-state index in [2.05, 4.69) is 20.5 Å². The van der Waals surface area contributed by atoms with E-state index in [9.17, 15) is 4.79 Å². The summed E-state index contributed by atoms with van der Waals surface area (Å²) in [5.41, 5.74) is 2.66. The van der Waals surface area contributed by atoms with Crippen molar-refractivity contribution in [3.8, 4) is 17.0 Å². The Balaban J connectivity index is 1.29. The molecular formula is C22H19Cl2N5O2S2. The van der Waals surface area contributed by atoms with E-state index in [-0.39, 0.29) is 18.3 Å². The second kappa shape index (κ2) is 10.6. The number of anilines is 1. The normalized spacial score (nSPS) is 10.9. The number of rotatable bonds is 8. The highest BCUT2D eigenvalue weighted by Gasteiger charge is 2.14. The maximum Gasteiger partial charge on any atom is 0.236 e. The first-order chi connectivity index (χ1) is 15.9. The monoisotopic (exact) mass is 519 g/mol. The average molecular weight is 520 g/mol. The molecule has 1 N–H and O–H groups in total. The Hall–Kier alpha value is -2.59. The Labute approximate surface area is 209 Å². The summed E-state index contributed by atoms with van der Waals surface area (Å²) in [4.78, 5) is 16.9. The average Bonchev–Trinajstić information content (AvgIpc) is 3.40. The van der Waals surface area contributed by atoms with Crippen molar-refractivity contribution < 1.29 is 9.53 Å². The number of hydrogen-bond donors (Lipinski definition) is 1. The Bertz CT molecular complexity index is 1270. The summed E-state index contributed by atoms with van der Waals surface area (Å²) in [6, 6.07) is 12.9. The van der Waals surface area contributed by atoms with Gasteiger partial charge >= 0.3 is 0 Å². The van der Waals surface area contributed by atoms with E-state index in [1.807, 2.05) is 60.3 Å². The quantitative estimate of drug-likeness (QED) is 0.293. The first-order valence-electron chi connectivity index (χ1n) is 9.80. The first kappa shape index (κ1) is 23.6. The van der Waals surface area contributed by atoms with Crippen molar-refractivity contribution >= 4 is 57.3 Å². The van der Waals surface area contributed by atoms with E-state index in [4.69, 9.17) is 27.9 Å². The number of nitrogens with one attached hydrogen (secondary N) is 1. The van der Waals surface area contributed by atoms with Crippen LogP contribution in [0.5, 0.6) is 5.75 Å². The third-order valence-electron chi connectivity index (χ3n) is 4.65. The zero-order chi connectivity index (χ0) is 23.4. The van der Waals surface area contributed by atoms with Crippen molar-refractivity contribution in [3.05, 3.63) is 69.3 Å². The third-order valence-corrected chi connectivity index (χ3v) is 7.10. The topological polar surface area (TPSA) is 81.9 Å². The highest BCUT2D eigenvalue weighted by molar-refractivity contribution is 7.99. The number of thioether (sulfide) groups is 1. The molecule has 4 rings (SSSR count). The van der Waals surface area contributed by atoms with Crippen molar-refractivity contribution in [1.82, 2.24) is 19.7 Å². The molecule has 0 saturated carbocycles. The lowest BCUT2D eigenvalue weighted by Gasteiger charge is -2.08. The van der Waals surface area contributed by atoms with Crippen molar-refractivity contribution in [2.45, 2.75) is 18.7 Å². The van der Waals surface area contributed by atoms with Crippen LogP contribution in [0, 0.1) is 6.92 Å². The maximum atomic E-state index is 12.4. The summed E-state index contributed by atoms with van der Waals surface area (Å²) in [5.74, 6) is 1.36. The molecule has 0 unspecified atom stereocenters. The van der Waals surface area contributed by atoms with Gasteiger partial charge in [0.25, 0.3) is 0 Å². The summed E-state index contributed by atoms with van der Waals surface area (Å²) in [6.45, 7) is 2.17. The fourth-order valence-corrected chi connectivity index (χ4v) is 4.53. The van der Waals surface area contributed by atoms with Gasteiger partial charge in [-0.3, -0.25) is 4.79 Å². The van der Waals surface area contributed by atoms with E-state index >= 15 is 0 Å². The molecule has 0 radical (unpaired) electrons. The van der Waals surface area contributed by atoms with Crippen LogP contribution in [-0.2, 0) is 18.4 Å². The van der Waals surface area contributed by atoms with Crippen LogP contribution in [0.25, 0.3) is 11.3 Å². The number of ether oxygens (including phenoxy) is 1. The van der Waals surface area contributed by atoms with Gasteiger partial charge in [-0.1, -0.05) is 47.1 Å². The Morgan fingerprint density at radius 3 is 2.73 bits per heavy atom. The van der Waals surface area contributed by atoms with Crippen LogP contribution >= 0.6 is 46.3 Å². The summed E-state index contributed by atoms with van der Waals surface area (Å²) in [5, 5.41) is 15.6. The van der Waals surface area contributed by atoms with Crippen LogP contribution in [0.3, 0.4) is 0 Å². The molecule has 0 aliphatic rings. The molecule has 0 aliphatic carbocycles. The summed E-state index contributed by atoms with van der Waals surface area (Å²) < 4.78 is 7.60. The molecule has 0 bridgehead atoms. The Morgan fingerprint density at radius 1 is 1.18 bits per heavy atom. The van der Waals surface area contributed by atoms with Crippen molar-refractivity contribution in [3.63, 3.8) is 0 Å². The molecule has 7 nitrogen and oxygen atoms in total. The van der Waals surface area contributed by atoms with Crippen molar-refractivity contribution in [1.29, 1.82) is 0 Å². The molecule has 2 aromatic heterocycles. The molecule has 0 atom stereocenters. The second-order valence-electron chi connectivity index (χ2n) is 7.04. The third kappa shape index (κ3) is 6.05. The predicted molar refractivity (Wildman–Crippen MR) is 133 cm³/mol. The minimum absolute atomic E-state index is 0.172. The van der Waals surface area contributed by atoms with Gasteiger partial charge in [-0.15, -0.1) is 21.5 Å². The van der Waals surface area contributed by atoms with Crippen LogP contribution < -0.4 is 10.1 Å². The SMILES string of the molecule is Cc1cc(OCc2nnc(SCC(=O)Nc3nc(-c4ccc(Cl)cc4)cs3)n2C)ccc1Cl. The van der Waals surface area contributed by atoms with Gasteiger partial charge < -0.3 is 14.6 Å². The van der Waals surface area contributed by atoms with Crippen molar-refractivity contribution in [2.24, 2.45) is 7.05 Å². The van der Waals surface area contributed by atoms with Gasteiger partial charge in [0, 0.05) is 28.0 Å². The van der Waals surface area contributed by atoms with E-state index in [0.717, 1.165) is 16.8 Å². The lowest BCUT2D eigenvalue weighted by molar-refractivity contribution is -0.113. The van der Waals surface area contributed by atoms with E-state index < -0.39 is 0 Å². The van der Waals surface area contributed by atoms with Gasteiger partial charge in [0.05, 0.1) is 11.4 Å². The molecule has 0 aliphatic heterocycles. The molecule has 0 fully saturated rings. The number of halogens is 2. The van der Waals surface area contributed by atoms with E-state index in [0.29, 0.717) is 31.9 Å². The van der Waals surface area contributed by atoms with E-state index in [1.54, 1.807) is 6.07 Å². The first-order valence-corrected chi connectivity index (χ1v) is 12.4. The Kier molecular flexibility index (Phi) is 7.54. The fourth-order valence-electron chi connectivity index (χ4n) is 2.82. The minimum Gasteiger partial charge on any atom is -0.486 e. The number of amides is 1. The number of hydrogen-bond acceptors (Lipinski definition) is 7. The predicted octanol–water partition coefficient (Wildman–Crippen LogP) is 5.86. The second-order valence-corrected chi connectivity index (χ2v) is 9.68. The molecule has 170 valence electrons. The molecule has 1 amide bonds. The van der Waals surface area contributed by atoms with Crippen LogP contribution in [0.15, 0.2) is 53.0 Å². The Morgan fingerprint density at radius 2 is 1.97 bits per heavy atom.